The van der Waals surface area contributed by atoms with E-state index in [1.165, 1.54) is 11.5 Å². The van der Waals surface area contributed by atoms with E-state index in [0.29, 0.717) is 5.75 Å². The number of aryl methyl sites for hydroxylation is 1. The largest absolute Gasteiger partial charge is 0.394 e. The summed E-state index contributed by atoms with van der Waals surface area (Å²) in [6, 6.07) is 10.0. The van der Waals surface area contributed by atoms with Crippen molar-refractivity contribution >= 4 is 23.3 Å². The van der Waals surface area contributed by atoms with Crippen LogP contribution in [0.3, 0.4) is 0 Å². The van der Waals surface area contributed by atoms with E-state index in [1.807, 2.05) is 44.3 Å². The molecule has 1 unspecified atom stereocenters. The lowest BCUT2D eigenvalue weighted by atomic mass is 9.93. The van der Waals surface area contributed by atoms with Gasteiger partial charge in [-0.2, -0.15) is 4.37 Å². The van der Waals surface area contributed by atoms with Crippen LogP contribution in [-0.2, 0) is 12.0 Å². The second kappa shape index (κ2) is 7.17. The number of aliphatic hydroxyl groups is 1. The van der Waals surface area contributed by atoms with Crippen molar-refractivity contribution in [3.05, 3.63) is 41.7 Å². The minimum Gasteiger partial charge on any atom is -0.394 e. The number of thioether (sulfide) groups is 1. The first kappa shape index (κ1) is 15.4. The third-order valence-corrected chi connectivity index (χ3v) is 5.38. The summed E-state index contributed by atoms with van der Waals surface area (Å²) >= 11 is 3.05. The molecule has 2 N–H and O–H groups in total. The van der Waals surface area contributed by atoms with Crippen molar-refractivity contribution in [2.24, 2.45) is 0 Å². The molecule has 1 heterocycles. The lowest BCUT2D eigenvalue weighted by Crippen LogP contribution is -2.45. The molecule has 2 aromatic rings. The molecule has 20 heavy (non-hydrogen) atoms. The smallest absolute Gasteiger partial charge is 0.170 e. The second-order valence-corrected chi connectivity index (χ2v) is 6.45. The van der Waals surface area contributed by atoms with Crippen LogP contribution in [0, 0.1) is 0 Å². The van der Waals surface area contributed by atoms with Gasteiger partial charge in [-0.1, -0.05) is 49.0 Å². The van der Waals surface area contributed by atoms with Crippen molar-refractivity contribution in [1.82, 2.24) is 14.7 Å². The predicted octanol–water partition coefficient (Wildman–Crippen LogP) is 2.30. The number of aliphatic hydroxyl groups excluding tert-OH is 1. The van der Waals surface area contributed by atoms with Crippen LogP contribution in [0.1, 0.15) is 18.3 Å². The molecular weight excluding hydrogens is 290 g/mol. The Hall–Kier alpha value is -0.950. The third-order valence-electron chi connectivity index (χ3n) is 3.28. The summed E-state index contributed by atoms with van der Waals surface area (Å²) in [5.41, 5.74) is 0.627. The molecule has 0 amide bonds. The molecule has 1 aromatic carbocycles. The van der Waals surface area contributed by atoms with Gasteiger partial charge in [0, 0.05) is 12.2 Å². The molecule has 1 atom stereocenters. The van der Waals surface area contributed by atoms with E-state index in [4.69, 9.17) is 0 Å². The predicted molar refractivity (Wildman–Crippen MR) is 84.3 cm³/mol. The SMILES string of the molecule is CCc1nsc(SCC(CO)(NC)c2ccccc2)n1. The Balaban J connectivity index is 2.13. The summed E-state index contributed by atoms with van der Waals surface area (Å²) in [7, 11) is 1.88. The van der Waals surface area contributed by atoms with Crippen LogP contribution in [0.2, 0.25) is 0 Å². The molecular formula is C14H19N3OS2. The van der Waals surface area contributed by atoms with Crippen molar-refractivity contribution in [2.45, 2.75) is 23.2 Å². The highest BCUT2D eigenvalue weighted by Crippen LogP contribution is 2.30. The van der Waals surface area contributed by atoms with Crippen LogP contribution in [0.25, 0.3) is 0 Å². The number of likely N-dealkylation sites (N-methyl/N-ethyl adjacent to an activating group) is 1. The molecule has 0 saturated heterocycles. The van der Waals surface area contributed by atoms with Gasteiger partial charge in [-0.3, -0.25) is 0 Å². The number of benzene rings is 1. The topological polar surface area (TPSA) is 58.0 Å². The Kier molecular flexibility index (Phi) is 5.54. The van der Waals surface area contributed by atoms with E-state index in [1.54, 1.807) is 11.8 Å². The molecule has 6 heteroatoms. The maximum atomic E-state index is 9.85. The molecule has 0 aliphatic heterocycles. The first-order valence-electron chi connectivity index (χ1n) is 6.54. The van der Waals surface area contributed by atoms with Crippen molar-refractivity contribution < 1.29 is 5.11 Å². The quantitative estimate of drug-likeness (QED) is 0.769. The average molecular weight is 309 g/mol. The second-order valence-electron chi connectivity index (χ2n) is 4.47. The fourth-order valence-electron chi connectivity index (χ4n) is 1.90. The van der Waals surface area contributed by atoms with Gasteiger partial charge in [0.1, 0.15) is 5.82 Å². The number of nitrogens with one attached hydrogen (secondary N) is 1. The molecule has 1 aromatic heterocycles. The monoisotopic (exact) mass is 309 g/mol. The summed E-state index contributed by atoms with van der Waals surface area (Å²) < 4.78 is 5.24. The molecule has 0 fully saturated rings. The Morgan fingerprint density at radius 3 is 2.65 bits per heavy atom. The van der Waals surface area contributed by atoms with Crippen LogP contribution >= 0.6 is 23.3 Å². The lowest BCUT2D eigenvalue weighted by Gasteiger charge is -2.31. The Morgan fingerprint density at radius 2 is 2.10 bits per heavy atom. The van der Waals surface area contributed by atoms with Crippen molar-refractivity contribution in [3.63, 3.8) is 0 Å². The molecule has 0 bridgehead atoms. The van der Waals surface area contributed by atoms with Crippen molar-refractivity contribution in [3.8, 4) is 0 Å². The number of aromatic nitrogens is 2. The highest BCUT2D eigenvalue weighted by atomic mass is 32.2. The summed E-state index contributed by atoms with van der Waals surface area (Å²) in [5, 5.41) is 13.1. The summed E-state index contributed by atoms with van der Waals surface area (Å²) in [6.07, 6.45) is 0.854. The zero-order chi connectivity index (χ0) is 14.4. The average Bonchev–Trinajstić information content (AvgIpc) is 2.98. The van der Waals surface area contributed by atoms with E-state index < -0.39 is 5.54 Å². The number of nitrogens with zero attached hydrogens (tertiary/aromatic N) is 2. The van der Waals surface area contributed by atoms with Gasteiger partial charge in [-0.25, -0.2) is 4.98 Å². The highest BCUT2D eigenvalue weighted by Gasteiger charge is 2.30. The van der Waals surface area contributed by atoms with Gasteiger partial charge in [0.15, 0.2) is 4.34 Å². The van der Waals surface area contributed by atoms with E-state index in [-0.39, 0.29) is 6.61 Å². The number of rotatable bonds is 7. The van der Waals surface area contributed by atoms with Crippen LogP contribution in [0.15, 0.2) is 34.7 Å². The maximum Gasteiger partial charge on any atom is 0.170 e. The van der Waals surface area contributed by atoms with E-state index in [0.717, 1.165) is 22.1 Å². The zero-order valence-corrected chi connectivity index (χ0v) is 13.3. The minimum atomic E-state index is -0.454. The molecule has 0 saturated carbocycles. The normalized spacial score (nSPS) is 14.2. The van der Waals surface area contributed by atoms with Gasteiger partial charge < -0.3 is 10.4 Å². The van der Waals surface area contributed by atoms with Crippen molar-refractivity contribution in [1.29, 1.82) is 0 Å². The third kappa shape index (κ3) is 3.38. The van der Waals surface area contributed by atoms with E-state index in [9.17, 15) is 5.11 Å². The summed E-state index contributed by atoms with van der Waals surface area (Å²) in [5.74, 6) is 1.60. The van der Waals surface area contributed by atoms with Gasteiger partial charge in [-0.15, -0.1) is 0 Å². The Labute approximate surface area is 127 Å². The van der Waals surface area contributed by atoms with Gasteiger partial charge in [0.05, 0.1) is 12.1 Å². The Morgan fingerprint density at radius 1 is 1.35 bits per heavy atom. The number of hydrogen-bond donors (Lipinski definition) is 2. The van der Waals surface area contributed by atoms with Gasteiger partial charge in [0.2, 0.25) is 0 Å². The fraction of sp³-hybridized carbons (Fsp3) is 0.429. The molecule has 0 spiro atoms. The van der Waals surface area contributed by atoms with Crippen LogP contribution < -0.4 is 5.32 Å². The van der Waals surface area contributed by atoms with Crippen LogP contribution in [-0.4, -0.2) is 33.9 Å². The van der Waals surface area contributed by atoms with Gasteiger partial charge in [0.25, 0.3) is 0 Å². The van der Waals surface area contributed by atoms with E-state index in [2.05, 4.69) is 14.7 Å². The molecule has 0 aliphatic carbocycles. The minimum absolute atomic E-state index is 0.0416. The standard InChI is InChI=1S/C14H19N3OS2/c1-3-12-16-13(20-17-12)19-10-14(9-18,15-2)11-7-5-4-6-8-11/h4-8,15,18H,3,9-10H2,1-2H3. The van der Waals surface area contributed by atoms with Crippen LogP contribution in [0.5, 0.6) is 0 Å². The highest BCUT2D eigenvalue weighted by molar-refractivity contribution is 8.01. The van der Waals surface area contributed by atoms with Crippen molar-refractivity contribution in [2.75, 3.05) is 19.4 Å². The zero-order valence-electron chi connectivity index (χ0n) is 11.7. The van der Waals surface area contributed by atoms with Gasteiger partial charge in [-0.05, 0) is 24.1 Å². The molecule has 108 valence electrons. The molecule has 0 radical (unpaired) electrons. The fourth-order valence-corrected chi connectivity index (χ4v) is 3.84. The van der Waals surface area contributed by atoms with Crippen LogP contribution in [0.4, 0.5) is 0 Å². The summed E-state index contributed by atoms with van der Waals surface area (Å²) in [6.45, 7) is 2.09. The summed E-state index contributed by atoms with van der Waals surface area (Å²) in [4.78, 5) is 4.46. The first-order valence-corrected chi connectivity index (χ1v) is 8.30. The first-order chi connectivity index (χ1) is 9.74. The number of hydrogen-bond acceptors (Lipinski definition) is 6. The Bertz CT molecular complexity index is 526. The molecule has 4 nitrogen and oxygen atoms in total. The molecule has 0 aliphatic rings. The van der Waals surface area contributed by atoms with Gasteiger partial charge >= 0.3 is 0 Å². The molecule has 2 rings (SSSR count). The maximum absolute atomic E-state index is 9.85. The lowest BCUT2D eigenvalue weighted by molar-refractivity contribution is 0.187. The van der Waals surface area contributed by atoms with E-state index >= 15 is 0 Å².